The fourth-order valence-corrected chi connectivity index (χ4v) is 2.26. The van der Waals surface area contributed by atoms with Crippen LogP contribution in [0.4, 0.5) is 0 Å². The van der Waals surface area contributed by atoms with Crippen LogP contribution in [-0.4, -0.2) is 21.6 Å². The number of rotatable bonds is 4. The van der Waals surface area contributed by atoms with Crippen LogP contribution in [0.1, 0.15) is 28.5 Å². The summed E-state index contributed by atoms with van der Waals surface area (Å²) in [6.07, 6.45) is 0. The fourth-order valence-electron chi connectivity index (χ4n) is 2.08. The van der Waals surface area contributed by atoms with E-state index >= 15 is 0 Å². The van der Waals surface area contributed by atoms with E-state index in [0.717, 1.165) is 5.56 Å². The summed E-state index contributed by atoms with van der Waals surface area (Å²) in [6, 6.07) is 8.32. The molecule has 0 aliphatic carbocycles. The number of benzene rings is 1. The molecule has 2 rings (SSSR count). The molecular formula is C16H16ClNO3S. The Morgan fingerprint density at radius 3 is 2.41 bits per heavy atom. The van der Waals surface area contributed by atoms with Gasteiger partial charge in [0.05, 0.1) is 10.9 Å². The average Bonchev–Trinajstić information content (AvgIpc) is 2.73. The first-order valence-electron chi connectivity index (χ1n) is 6.67. The minimum atomic E-state index is -0.536. The molecule has 0 saturated heterocycles. The maximum Gasteiger partial charge on any atom is 0.325 e. The van der Waals surface area contributed by atoms with E-state index < -0.39 is 11.2 Å². The summed E-state index contributed by atoms with van der Waals surface area (Å²) in [5.74, 6) is -0.298. The number of esters is 1. The largest absolute Gasteiger partial charge is 0.408 e. The summed E-state index contributed by atoms with van der Waals surface area (Å²) in [6.45, 7) is 3.42. The number of hydrogen-bond acceptors (Lipinski definition) is 4. The molecule has 1 aromatic heterocycles. The maximum atomic E-state index is 12.6. The van der Waals surface area contributed by atoms with E-state index in [-0.39, 0.29) is 5.78 Å². The minimum absolute atomic E-state index is 0.155. The number of carbonyl (C=O) groups is 2. The highest BCUT2D eigenvalue weighted by atomic mass is 35.5. The first-order valence-corrected chi connectivity index (χ1v) is 7.57. The molecule has 116 valence electrons. The summed E-state index contributed by atoms with van der Waals surface area (Å²) in [5, 5.41) is 0.0307. The number of nitrogens with zero attached hydrogens (tertiary/aromatic N) is 1. The lowest BCUT2D eigenvalue weighted by Gasteiger charge is -2.09. The monoisotopic (exact) mass is 337 g/mol. The van der Waals surface area contributed by atoms with Crippen molar-refractivity contribution in [1.29, 1.82) is 0 Å². The second-order valence-corrected chi connectivity index (χ2v) is 6.22. The Bertz CT molecular complexity index is 720. The molecule has 1 aromatic carbocycles. The van der Waals surface area contributed by atoms with E-state index in [4.69, 9.17) is 16.3 Å². The summed E-state index contributed by atoms with van der Waals surface area (Å²) < 4.78 is 6.82. The summed E-state index contributed by atoms with van der Waals surface area (Å²) in [4.78, 5) is 24.3. The van der Waals surface area contributed by atoms with Crippen molar-refractivity contribution in [2.24, 2.45) is 7.05 Å². The molecule has 4 nitrogen and oxygen atoms in total. The van der Waals surface area contributed by atoms with Gasteiger partial charge in [0.2, 0.25) is 11.7 Å². The highest BCUT2D eigenvalue weighted by Gasteiger charge is 2.21. The van der Waals surface area contributed by atoms with Crippen molar-refractivity contribution in [3.8, 4) is 5.88 Å². The fraction of sp³-hybridized carbons (Fsp3) is 0.250. The summed E-state index contributed by atoms with van der Waals surface area (Å²) in [7, 11) is 1.68. The van der Waals surface area contributed by atoms with Gasteiger partial charge in [0, 0.05) is 23.7 Å². The SMILES string of the molecule is Cc1cc(OC(=O)C(C)S)n(C)c1C(=O)c1ccc(Cl)cc1. The summed E-state index contributed by atoms with van der Waals surface area (Å²) in [5.41, 5.74) is 1.73. The molecule has 0 spiro atoms. The number of carbonyl (C=O) groups excluding carboxylic acids is 2. The van der Waals surface area contributed by atoms with Crippen molar-refractivity contribution >= 4 is 36.0 Å². The lowest BCUT2D eigenvalue weighted by molar-refractivity contribution is -0.133. The van der Waals surface area contributed by atoms with Gasteiger partial charge >= 0.3 is 5.97 Å². The molecule has 0 aliphatic heterocycles. The third-order valence-electron chi connectivity index (χ3n) is 3.25. The molecule has 0 aliphatic rings. The van der Waals surface area contributed by atoms with Gasteiger partial charge < -0.3 is 9.30 Å². The molecule has 1 heterocycles. The van der Waals surface area contributed by atoms with E-state index in [2.05, 4.69) is 12.6 Å². The van der Waals surface area contributed by atoms with Crippen LogP contribution in [-0.2, 0) is 11.8 Å². The minimum Gasteiger partial charge on any atom is -0.408 e. The highest BCUT2D eigenvalue weighted by molar-refractivity contribution is 7.81. The molecule has 0 amide bonds. The Morgan fingerprint density at radius 1 is 1.27 bits per heavy atom. The summed E-state index contributed by atoms with van der Waals surface area (Å²) >= 11 is 9.87. The molecule has 0 radical (unpaired) electrons. The Kier molecular flexibility index (Phi) is 4.98. The van der Waals surface area contributed by atoms with Crippen molar-refractivity contribution in [2.45, 2.75) is 19.1 Å². The number of halogens is 1. The molecule has 0 fully saturated rings. The van der Waals surface area contributed by atoms with Crippen LogP contribution in [0.2, 0.25) is 5.02 Å². The standard InChI is InChI=1S/C16H16ClNO3S/c1-9-8-13(21-16(20)10(2)22)18(3)14(9)15(19)11-4-6-12(17)7-5-11/h4-8,10,22H,1-3H3. The molecule has 1 unspecified atom stereocenters. The number of ketones is 1. The average molecular weight is 338 g/mol. The number of aryl methyl sites for hydroxylation is 1. The molecule has 22 heavy (non-hydrogen) atoms. The third-order valence-corrected chi connectivity index (χ3v) is 3.71. The van der Waals surface area contributed by atoms with E-state index in [1.54, 1.807) is 55.8 Å². The second-order valence-electron chi connectivity index (χ2n) is 5.01. The number of aromatic nitrogens is 1. The molecule has 1 atom stereocenters. The first-order chi connectivity index (χ1) is 10.3. The zero-order chi connectivity index (χ0) is 16.4. The van der Waals surface area contributed by atoms with Gasteiger partial charge in [-0.3, -0.25) is 9.59 Å². The van der Waals surface area contributed by atoms with Crippen LogP contribution in [0.15, 0.2) is 30.3 Å². The van der Waals surface area contributed by atoms with Crippen molar-refractivity contribution in [1.82, 2.24) is 4.57 Å². The van der Waals surface area contributed by atoms with Gasteiger partial charge in [-0.25, -0.2) is 0 Å². The van der Waals surface area contributed by atoms with Crippen LogP contribution in [0, 0.1) is 6.92 Å². The number of thiol groups is 1. The molecular weight excluding hydrogens is 322 g/mol. The van der Waals surface area contributed by atoms with E-state index in [1.165, 1.54) is 0 Å². The van der Waals surface area contributed by atoms with Gasteiger partial charge in [-0.05, 0) is 43.7 Å². The highest BCUT2D eigenvalue weighted by Crippen LogP contribution is 2.24. The molecule has 0 bridgehead atoms. The molecule has 0 N–H and O–H groups in total. The second kappa shape index (κ2) is 6.58. The van der Waals surface area contributed by atoms with Gasteiger partial charge in [-0.1, -0.05) is 11.6 Å². The quantitative estimate of drug-likeness (QED) is 0.528. The molecule has 6 heteroatoms. The van der Waals surface area contributed by atoms with Crippen LogP contribution in [0.25, 0.3) is 0 Å². The Balaban J connectivity index is 2.36. The van der Waals surface area contributed by atoms with Crippen molar-refractivity contribution in [2.75, 3.05) is 0 Å². The Hall–Kier alpha value is -1.72. The van der Waals surface area contributed by atoms with Gasteiger partial charge in [-0.15, -0.1) is 0 Å². The van der Waals surface area contributed by atoms with Crippen LogP contribution >= 0.6 is 24.2 Å². The Morgan fingerprint density at radius 2 is 1.86 bits per heavy atom. The van der Waals surface area contributed by atoms with Gasteiger partial charge in [-0.2, -0.15) is 12.6 Å². The van der Waals surface area contributed by atoms with E-state index in [9.17, 15) is 9.59 Å². The number of ether oxygens (including phenoxy) is 1. The van der Waals surface area contributed by atoms with Crippen molar-refractivity contribution in [3.05, 3.63) is 52.2 Å². The molecule has 2 aromatic rings. The third kappa shape index (κ3) is 3.36. The smallest absolute Gasteiger partial charge is 0.325 e. The van der Waals surface area contributed by atoms with Crippen LogP contribution in [0.3, 0.4) is 0 Å². The topological polar surface area (TPSA) is 48.3 Å². The van der Waals surface area contributed by atoms with Crippen molar-refractivity contribution in [3.63, 3.8) is 0 Å². The van der Waals surface area contributed by atoms with Gasteiger partial charge in [0.25, 0.3) is 0 Å². The predicted octanol–water partition coefficient (Wildman–Crippen LogP) is 3.44. The molecule has 0 saturated carbocycles. The van der Waals surface area contributed by atoms with Crippen LogP contribution < -0.4 is 4.74 Å². The zero-order valence-corrected chi connectivity index (χ0v) is 14.1. The van der Waals surface area contributed by atoms with Gasteiger partial charge in [0.15, 0.2) is 0 Å². The normalized spacial score (nSPS) is 12.0. The zero-order valence-electron chi connectivity index (χ0n) is 12.5. The van der Waals surface area contributed by atoms with E-state index in [1.807, 2.05) is 0 Å². The lowest BCUT2D eigenvalue weighted by Crippen LogP contribution is -2.19. The van der Waals surface area contributed by atoms with E-state index in [0.29, 0.717) is 22.2 Å². The Labute approximate surface area is 139 Å². The predicted molar refractivity (Wildman–Crippen MR) is 89.1 cm³/mol. The van der Waals surface area contributed by atoms with Crippen molar-refractivity contribution < 1.29 is 14.3 Å². The van der Waals surface area contributed by atoms with Gasteiger partial charge in [0.1, 0.15) is 0 Å². The maximum absolute atomic E-state index is 12.6. The van der Waals surface area contributed by atoms with Crippen LogP contribution in [0.5, 0.6) is 5.88 Å². The first kappa shape index (κ1) is 16.6. The lowest BCUT2D eigenvalue weighted by atomic mass is 10.1. The number of hydrogen-bond donors (Lipinski definition) is 1.